The van der Waals surface area contributed by atoms with Gasteiger partial charge in [-0.05, 0) is 18.6 Å². The molecule has 0 saturated carbocycles. The maximum atomic E-state index is 11.6. The molecule has 1 heterocycles. The lowest BCUT2D eigenvalue weighted by atomic mass is 9.97. The van der Waals surface area contributed by atoms with Gasteiger partial charge in [0.15, 0.2) is 0 Å². The molecular weight excluding hydrogens is 266 g/mol. The van der Waals surface area contributed by atoms with Gasteiger partial charge in [-0.3, -0.25) is 4.79 Å². The summed E-state index contributed by atoms with van der Waals surface area (Å²) >= 11 is 0. The van der Waals surface area contributed by atoms with E-state index in [-0.39, 0.29) is 11.3 Å². The third kappa shape index (κ3) is 3.90. The third-order valence-electron chi connectivity index (χ3n) is 2.95. The summed E-state index contributed by atoms with van der Waals surface area (Å²) in [4.78, 5) is 16.1. The quantitative estimate of drug-likeness (QED) is 0.929. The molecule has 0 fully saturated rings. The Morgan fingerprint density at radius 2 is 2.10 bits per heavy atom. The Labute approximate surface area is 124 Å². The first-order chi connectivity index (χ1) is 9.90. The molecule has 2 rings (SSSR count). The van der Waals surface area contributed by atoms with Gasteiger partial charge < -0.3 is 9.84 Å². The molecule has 0 bridgehead atoms. The highest BCUT2D eigenvalue weighted by molar-refractivity contribution is 5.91. The van der Waals surface area contributed by atoms with Crippen LogP contribution in [0, 0.1) is 0 Å². The molecule has 0 radical (unpaired) electrons. The van der Waals surface area contributed by atoms with E-state index in [1.165, 1.54) is 0 Å². The maximum Gasteiger partial charge on any atom is 0.232 e. The fourth-order valence-electron chi connectivity index (χ4n) is 1.83. The molecule has 0 aliphatic carbocycles. The smallest absolute Gasteiger partial charge is 0.232 e. The Balaban J connectivity index is 2.21. The van der Waals surface area contributed by atoms with Crippen LogP contribution < -0.4 is 5.32 Å². The van der Waals surface area contributed by atoms with Crippen LogP contribution in [-0.2, 0) is 10.2 Å². The Morgan fingerprint density at radius 1 is 1.33 bits per heavy atom. The molecular formula is C16H21N3O2. The Kier molecular flexibility index (Phi) is 4.40. The molecule has 1 amide bonds. The predicted molar refractivity (Wildman–Crippen MR) is 82.0 cm³/mol. The van der Waals surface area contributed by atoms with Gasteiger partial charge in [0, 0.05) is 23.1 Å². The van der Waals surface area contributed by atoms with E-state index in [0.29, 0.717) is 18.1 Å². The van der Waals surface area contributed by atoms with E-state index in [1.54, 1.807) is 0 Å². The molecule has 1 aromatic carbocycles. The normalized spacial score (nSPS) is 11.4. The summed E-state index contributed by atoms with van der Waals surface area (Å²) in [6.45, 7) is 8.03. The largest absolute Gasteiger partial charge is 0.338 e. The van der Waals surface area contributed by atoms with Crippen molar-refractivity contribution in [1.29, 1.82) is 0 Å². The van der Waals surface area contributed by atoms with Crippen LogP contribution in [-0.4, -0.2) is 16.0 Å². The van der Waals surface area contributed by atoms with E-state index in [1.807, 2.05) is 52.0 Å². The van der Waals surface area contributed by atoms with Gasteiger partial charge in [-0.2, -0.15) is 4.98 Å². The summed E-state index contributed by atoms with van der Waals surface area (Å²) in [5.74, 6) is 1.14. The molecule has 5 heteroatoms. The van der Waals surface area contributed by atoms with Gasteiger partial charge >= 0.3 is 0 Å². The lowest BCUT2D eigenvalue weighted by Crippen LogP contribution is -2.11. The summed E-state index contributed by atoms with van der Waals surface area (Å²) in [5.41, 5.74) is 1.38. The molecule has 112 valence electrons. The van der Waals surface area contributed by atoms with Crippen LogP contribution in [0.15, 0.2) is 28.8 Å². The van der Waals surface area contributed by atoms with Crippen molar-refractivity contribution in [3.05, 3.63) is 30.2 Å². The highest BCUT2D eigenvalue weighted by atomic mass is 16.5. The predicted octanol–water partition coefficient (Wildman–Crippen LogP) is 3.77. The molecule has 1 N–H and O–H groups in total. The van der Waals surface area contributed by atoms with Crippen molar-refractivity contribution in [2.75, 3.05) is 5.32 Å². The first kappa shape index (κ1) is 15.2. The summed E-state index contributed by atoms with van der Waals surface area (Å²) < 4.78 is 5.29. The molecule has 2 aromatic rings. The molecule has 0 unspecified atom stereocenters. The molecule has 21 heavy (non-hydrogen) atoms. The van der Waals surface area contributed by atoms with Crippen molar-refractivity contribution in [3.63, 3.8) is 0 Å². The number of carbonyl (C=O) groups is 1. The van der Waals surface area contributed by atoms with E-state index in [0.717, 1.165) is 17.7 Å². The second kappa shape index (κ2) is 6.08. The molecule has 1 aromatic heterocycles. The van der Waals surface area contributed by atoms with Gasteiger partial charge in [0.2, 0.25) is 17.6 Å². The number of amides is 1. The zero-order valence-electron chi connectivity index (χ0n) is 12.9. The van der Waals surface area contributed by atoms with E-state index < -0.39 is 0 Å². The van der Waals surface area contributed by atoms with Crippen LogP contribution in [0.3, 0.4) is 0 Å². The number of anilines is 1. The number of aromatic nitrogens is 2. The van der Waals surface area contributed by atoms with Crippen molar-refractivity contribution in [2.45, 2.75) is 46.0 Å². The number of nitrogens with zero attached hydrogens (tertiary/aromatic N) is 2. The number of carbonyl (C=O) groups excluding carboxylic acids is 1. The second-order valence-corrected chi connectivity index (χ2v) is 6.05. The van der Waals surface area contributed by atoms with Crippen LogP contribution >= 0.6 is 0 Å². The van der Waals surface area contributed by atoms with Gasteiger partial charge in [-0.25, -0.2) is 0 Å². The molecule has 0 spiro atoms. The summed E-state index contributed by atoms with van der Waals surface area (Å²) in [5, 5.41) is 6.88. The van der Waals surface area contributed by atoms with Crippen molar-refractivity contribution in [1.82, 2.24) is 10.1 Å². The van der Waals surface area contributed by atoms with Crippen LogP contribution in [0.5, 0.6) is 0 Å². The highest BCUT2D eigenvalue weighted by Gasteiger charge is 2.22. The fraction of sp³-hybridized carbons (Fsp3) is 0.438. The standard InChI is InChI=1S/C16H21N3O2/c1-5-7-13(20)17-12-9-6-8-11(10-12)14-18-15(21-19-14)16(2,3)4/h6,8-10H,5,7H2,1-4H3,(H,17,20). The summed E-state index contributed by atoms with van der Waals surface area (Å²) in [7, 11) is 0. The number of hydrogen-bond donors (Lipinski definition) is 1. The first-order valence-electron chi connectivity index (χ1n) is 7.14. The van der Waals surface area contributed by atoms with E-state index >= 15 is 0 Å². The molecule has 5 nitrogen and oxygen atoms in total. The van der Waals surface area contributed by atoms with Gasteiger partial charge in [-0.15, -0.1) is 0 Å². The molecule has 0 aliphatic rings. The van der Waals surface area contributed by atoms with Crippen molar-refractivity contribution in [2.24, 2.45) is 0 Å². The maximum absolute atomic E-state index is 11.6. The van der Waals surface area contributed by atoms with Gasteiger partial charge in [0.25, 0.3) is 0 Å². The van der Waals surface area contributed by atoms with Crippen LogP contribution in [0.1, 0.15) is 46.4 Å². The van der Waals surface area contributed by atoms with Crippen molar-refractivity contribution >= 4 is 11.6 Å². The van der Waals surface area contributed by atoms with E-state index in [2.05, 4.69) is 15.5 Å². The number of benzene rings is 1. The molecule has 0 aliphatic heterocycles. The summed E-state index contributed by atoms with van der Waals surface area (Å²) in [6.07, 6.45) is 1.34. The number of hydrogen-bond acceptors (Lipinski definition) is 4. The average Bonchev–Trinajstić information content (AvgIpc) is 2.88. The molecule has 0 saturated heterocycles. The highest BCUT2D eigenvalue weighted by Crippen LogP contribution is 2.25. The number of rotatable bonds is 4. The summed E-state index contributed by atoms with van der Waals surface area (Å²) in [6, 6.07) is 7.46. The zero-order valence-corrected chi connectivity index (χ0v) is 12.9. The van der Waals surface area contributed by atoms with Gasteiger partial charge in [0.05, 0.1) is 0 Å². The van der Waals surface area contributed by atoms with Crippen LogP contribution in [0.25, 0.3) is 11.4 Å². The monoisotopic (exact) mass is 287 g/mol. The fourth-order valence-corrected chi connectivity index (χ4v) is 1.83. The van der Waals surface area contributed by atoms with E-state index in [4.69, 9.17) is 4.52 Å². The van der Waals surface area contributed by atoms with Crippen LogP contribution in [0.4, 0.5) is 5.69 Å². The minimum Gasteiger partial charge on any atom is -0.338 e. The lowest BCUT2D eigenvalue weighted by molar-refractivity contribution is -0.116. The topological polar surface area (TPSA) is 68.0 Å². The van der Waals surface area contributed by atoms with Crippen LogP contribution in [0.2, 0.25) is 0 Å². The average molecular weight is 287 g/mol. The SMILES string of the molecule is CCCC(=O)Nc1cccc(-c2noc(C(C)(C)C)n2)c1. The Hall–Kier alpha value is -2.17. The van der Waals surface area contributed by atoms with Gasteiger partial charge in [-0.1, -0.05) is 45.0 Å². The Bertz CT molecular complexity index is 626. The first-order valence-corrected chi connectivity index (χ1v) is 7.14. The minimum atomic E-state index is -0.182. The van der Waals surface area contributed by atoms with Crippen molar-refractivity contribution in [3.8, 4) is 11.4 Å². The molecule has 0 atom stereocenters. The van der Waals surface area contributed by atoms with E-state index in [9.17, 15) is 4.79 Å². The second-order valence-electron chi connectivity index (χ2n) is 6.05. The lowest BCUT2D eigenvalue weighted by Gasteiger charge is -2.10. The zero-order chi connectivity index (χ0) is 15.5. The third-order valence-corrected chi connectivity index (χ3v) is 2.95. The Morgan fingerprint density at radius 3 is 2.71 bits per heavy atom. The minimum absolute atomic E-state index is 0.0122. The van der Waals surface area contributed by atoms with Crippen molar-refractivity contribution < 1.29 is 9.32 Å². The van der Waals surface area contributed by atoms with Gasteiger partial charge in [0.1, 0.15) is 0 Å². The number of nitrogens with one attached hydrogen (secondary N) is 1.